The van der Waals surface area contributed by atoms with Crippen molar-refractivity contribution in [3.8, 4) is 0 Å². The zero-order valence-electron chi connectivity index (χ0n) is 10.3. The number of anilines is 2. The Hall–Kier alpha value is -1.37. The molecule has 0 aliphatic heterocycles. The molecule has 0 saturated heterocycles. The lowest BCUT2D eigenvalue weighted by atomic mass is 10.1. The molecule has 0 heterocycles. The predicted octanol–water partition coefficient (Wildman–Crippen LogP) is 2.36. The summed E-state index contributed by atoms with van der Waals surface area (Å²) in [5, 5.41) is 2.11. The molecule has 7 nitrogen and oxygen atoms in total. The number of nitrogens with two attached hydrogens (primary N) is 1. The van der Waals surface area contributed by atoms with E-state index in [0.29, 0.717) is 0 Å². The average Bonchev–Trinajstić information content (AvgIpc) is 2.17. The van der Waals surface area contributed by atoms with Crippen LogP contribution >= 0.6 is 15.9 Å². The summed E-state index contributed by atoms with van der Waals surface area (Å²) in [6, 6.07) is 2.07. The number of hydrogen-bond acceptors (Lipinski definition) is 4. The van der Waals surface area contributed by atoms with Gasteiger partial charge in [0.15, 0.2) is 0 Å². The lowest BCUT2D eigenvalue weighted by Crippen LogP contribution is -2.15. The highest BCUT2D eigenvalue weighted by Gasteiger charge is 2.35. The Labute approximate surface area is 126 Å². The van der Waals surface area contributed by atoms with Gasteiger partial charge >= 0.3 is 16.6 Å². The highest BCUT2D eigenvalue weighted by atomic mass is 79.9. The van der Waals surface area contributed by atoms with Crippen LogP contribution in [-0.2, 0) is 21.4 Å². The van der Waals surface area contributed by atoms with Gasteiger partial charge in [0, 0.05) is 17.1 Å². The fourth-order valence-corrected chi connectivity index (χ4v) is 1.73. The van der Waals surface area contributed by atoms with Gasteiger partial charge in [-0.2, -0.15) is 21.6 Å². The molecule has 21 heavy (non-hydrogen) atoms. The molecule has 0 aromatic heterocycles. The third kappa shape index (κ3) is 8.49. The molecule has 1 rings (SSSR count). The molecule has 120 valence electrons. The molecule has 0 fully saturated rings. The van der Waals surface area contributed by atoms with Gasteiger partial charge in [0.05, 0.1) is 11.3 Å². The van der Waals surface area contributed by atoms with Crippen LogP contribution in [0.25, 0.3) is 0 Å². The second-order valence-electron chi connectivity index (χ2n) is 3.55. The smallest absolute Gasteiger partial charge is 0.399 e. The van der Waals surface area contributed by atoms with Gasteiger partial charge in [0.25, 0.3) is 0 Å². The van der Waals surface area contributed by atoms with Gasteiger partial charge < -0.3 is 11.1 Å². The molecule has 0 bridgehead atoms. The second-order valence-corrected chi connectivity index (χ2v) is 5.30. The number of nitrogens with one attached hydrogen (secondary N) is 1. The van der Waals surface area contributed by atoms with Gasteiger partial charge in [0.2, 0.25) is 5.91 Å². The molecule has 0 unspecified atom stereocenters. The van der Waals surface area contributed by atoms with E-state index in [1.807, 2.05) is 0 Å². The normalized spacial score (nSPS) is 11.4. The van der Waals surface area contributed by atoms with Gasteiger partial charge in [0.1, 0.15) is 0 Å². The Balaban J connectivity index is 0.000000690. The third-order valence-electron chi connectivity index (χ3n) is 1.72. The molecule has 0 spiro atoms. The first-order valence-corrected chi connectivity index (χ1v) is 7.04. The summed E-state index contributed by atoms with van der Waals surface area (Å²) in [7, 11) is -4.67. The highest BCUT2D eigenvalue weighted by Crippen LogP contribution is 2.40. The van der Waals surface area contributed by atoms with Crippen LogP contribution in [0.1, 0.15) is 12.5 Å². The van der Waals surface area contributed by atoms with Crippen molar-refractivity contribution < 1.29 is 35.5 Å². The number of carbonyl (C=O) groups is 1. The molecule has 1 aromatic carbocycles. The molecule has 0 aliphatic rings. The van der Waals surface area contributed by atoms with Crippen molar-refractivity contribution in [3.05, 3.63) is 22.2 Å². The minimum absolute atomic E-state index is 0.0340. The van der Waals surface area contributed by atoms with Crippen molar-refractivity contribution in [3.63, 3.8) is 0 Å². The van der Waals surface area contributed by atoms with E-state index in [0.717, 1.165) is 13.0 Å². The SMILES string of the molecule is CC(=O)Nc1c(Br)cc(N)cc1C(F)(F)F.O=S(=O)(O)O. The van der Waals surface area contributed by atoms with Crippen molar-refractivity contribution in [2.75, 3.05) is 11.1 Å². The van der Waals surface area contributed by atoms with Crippen molar-refractivity contribution in [2.24, 2.45) is 0 Å². The first-order valence-electron chi connectivity index (χ1n) is 4.85. The standard InChI is InChI=1S/C9H8BrF3N2O.H2O4S/c1-4(16)15-8-6(9(11,12)13)2-5(14)3-7(8)10;1-5(2,3)4/h2-3H,14H2,1H3,(H,15,16);(H2,1,2,3,4). The number of hydrogen-bond donors (Lipinski definition) is 4. The van der Waals surface area contributed by atoms with E-state index in [1.165, 1.54) is 6.07 Å². The Kier molecular flexibility index (Phi) is 6.60. The summed E-state index contributed by atoms with van der Waals surface area (Å²) >= 11 is 2.92. The minimum atomic E-state index is -4.67. The summed E-state index contributed by atoms with van der Waals surface area (Å²) in [4.78, 5) is 10.8. The fraction of sp³-hybridized carbons (Fsp3) is 0.222. The van der Waals surface area contributed by atoms with E-state index in [2.05, 4.69) is 21.2 Å². The van der Waals surface area contributed by atoms with E-state index >= 15 is 0 Å². The summed E-state index contributed by atoms with van der Waals surface area (Å²) in [6.07, 6.45) is -4.57. The quantitative estimate of drug-likeness (QED) is 0.427. The van der Waals surface area contributed by atoms with E-state index in [1.54, 1.807) is 0 Å². The fourth-order valence-electron chi connectivity index (χ4n) is 1.15. The van der Waals surface area contributed by atoms with Crippen LogP contribution in [0.15, 0.2) is 16.6 Å². The number of nitrogen functional groups attached to an aromatic ring is 1. The lowest BCUT2D eigenvalue weighted by molar-refractivity contribution is -0.137. The number of rotatable bonds is 1. The van der Waals surface area contributed by atoms with Crippen LogP contribution in [0.2, 0.25) is 0 Å². The Morgan fingerprint density at radius 2 is 1.76 bits per heavy atom. The van der Waals surface area contributed by atoms with Crippen molar-refractivity contribution in [1.29, 1.82) is 0 Å². The molecule has 5 N–H and O–H groups in total. The molecule has 0 saturated carbocycles. The van der Waals surface area contributed by atoms with Gasteiger partial charge in [-0.3, -0.25) is 13.9 Å². The van der Waals surface area contributed by atoms with Crippen LogP contribution in [-0.4, -0.2) is 23.4 Å². The van der Waals surface area contributed by atoms with E-state index in [-0.39, 0.29) is 15.8 Å². The summed E-state index contributed by atoms with van der Waals surface area (Å²) in [5.41, 5.74) is 3.98. The maximum absolute atomic E-state index is 12.6. The van der Waals surface area contributed by atoms with Crippen LogP contribution in [0.4, 0.5) is 24.5 Å². The van der Waals surface area contributed by atoms with Gasteiger partial charge in [-0.1, -0.05) is 0 Å². The molecular formula is C9H10BrF3N2O5S. The molecule has 1 amide bonds. The molecular weight excluding hydrogens is 385 g/mol. The lowest BCUT2D eigenvalue weighted by Gasteiger charge is -2.15. The Morgan fingerprint density at radius 3 is 2.10 bits per heavy atom. The summed E-state index contributed by atoms with van der Waals surface area (Å²) in [6.45, 7) is 1.13. The zero-order valence-corrected chi connectivity index (χ0v) is 12.7. The van der Waals surface area contributed by atoms with Crippen LogP contribution in [0, 0.1) is 0 Å². The van der Waals surface area contributed by atoms with E-state index in [4.69, 9.17) is 23.3 Å². The van der Waals surface area contributed by atoms with Gasteiger partial charge in [-0.15, -0.1) is 0 Å². The number of amides is 1. The van der Waals surface area contributed by atoms with Crippen molar-refractivity contribution >= 4 is 43.6 Å². The molecule has 12 heteroatoms. The highest BCUT2D eigenvalue weighted by molar-refractivity contribution is 9.10. The number of alkyl halides is 3. The molecule has 0 atom stereocenters. The Morgan fingerprint density at radius 1 is 1.33 bits per heavy atom. The number of benzene rings is 1. The molecule has 0 aliphatic carbocycles. The predicted molar refractivity (Wildman–Crippen MR) is 72.0 cm³/mol. The average molecular weight is 395 g/mol. The van der Waals surface area contributed by atoms with E-state index in [9.17, 15) is 18.0 Å². The third-order valence-corrected chi connectivity index (χ3v) is 2.34. The van der Waals surface area contributed by atoms with Crippen molar-refractivity contribution in [1.82, 2.24) is 0 Å². The second kappa shape index (κ2) is 7.06. The monoisotopic (exact) mass is 394 g/mol. The summed E-state index contributed by atoms with van der Waals surface area (Å²) < 4.78 is 69.6. The van der Waals surface area contributed by atoms with Crippen LogP contribution in [0.3, 0.4) is 0 Å². The largest absolute Gasteiger partial charge is 0.418 e. The van der Waals surface area contributed by atoms with E-state index < -0.39 is 28.0 Å². The number of carbonyl (C=O) groups excluding carboxylic acids is 1. The first kappa shape index (κ1) is 19.6. The maximum Gasteiger partial charge on any atom is 0.418 e. The van der Waals surface area contributed by atoms with Gasteiger partial charge in [-0.25, -0.2) is 0 Å². The minimum Gasteiger partial charge on any atom is -0.399 e. The Bertz CT molecular complexity index is 625. The van der Waals surface area contributed by atoms with Crippen LogP contribution in [0.5, 0.6) is 0 Å². The van der Waals surface area contributed by atoms with Crippen molar-refractivity contribution in [2.45, 2.75) is 13.1 Å². The maximum atomic E-state index is 12.6. The molecule has 1 aromatic rings. The number of halogens is 4. The topological polar surface area (TPSA) is 130 Å². The molecule has 0 radical (unpaired) electrons. The first-order chi connectivity index (χ1) is 9.21. The van der Waals surface area contributed by atoms with Gasteiger partial charge in [-0.05, 0) is 28.1 Å². The summed E-state index contributed by atoms with van der Waals surface area (Å²) in [5.74, 6) is -0.587. The zero-order chi connectivity index (χ0) is 17.0. The van der Waals surface area contributed by atoms with Crippen LogP contribution < -0.4 is 11.1 Å².